The molecule has 1 N–H and O–H groups in total. The molecular formula is C16H13NO. The highest BCUT2D eigenvalue weighted by molar-refractivity contribution is 6.05. The Morgan fingerprint density at radius 3 is 2.72 bits per heavy atom. The molecule has 2 nitrogen and oxygen atoms in total. The highest BCUT2D eigenvalue weighted by Crippen LogP contribution is 2.44. The number of para-hydroxylation sites is 1. The summed E-state index contributed by atoms with van der Waals surface area (Å²) in [5.74, 6) is 0.350. The van der Waals surface area contributed by atoms with Crippen molar-refractivity contribution in [3.05, 3.63) is 65.2 Å². The summed E-state index contributed by atoms with van der Waals surface area (Å²) in [4.78, 5) is 12.5. The van der Waals surface area contributed by atoms with Crippen molar-refractivity contribution in [2.45, 2.75) is 12.5 Å². The Hall–Kier alpha value is -2.09. The molecule has 1 aliphatic heterocycles. The molecule has 88 valence electrons. The number of nitrogens with one attached hydrogen (secondary N) is 1. The summed E-state index contributed by atoms with van der Waals surface area (Å²) in [6.45, 7) is 0. The van der Waals surface area contributed by atoms with Crippen molar-refractivity contribution in [1.82, 2.24) is 0 Å². The van der Waals surface area contributed by atoms with Crippen LogP contribution in [0.15, 0.2) is 48.5 Å². The molecule has 2 aliphatic rings. The van der Waals surface area contributed by atoms with Gasteiger partial charge in [0.25, 0.3) is 0 Å². The van der Waals surface area contributed by atoms with Crippen molar-refractivity contribution in [2.75, 3.05) is 5.32 Å². The van der Waals surface area contributed by atoms with Gasteiger partial charge in [-0.05, 0) is 29.7 Å². The Kier molecular flexibility index (Phi) is 1.90. The Bertz CT molecular complexity index is 647. The van der Waals surface area contributed by atoms with Gasteiger partial charge in [0.2, 0.25) is 0 Å². The van der Waals surface area contributed by atoms with Crippen molar-refractivity contribution in [1.29, 1.82) is 0 Å². The second kappa shape index (κ2) is 3.45. The molecule has 2 aromatic carbocycles. The van der Waals surface area contributed by atoms with Gasteiger partial charge in [0.15, 0.2) is 5.78 Å². The number of benzene rings is 2. The summed E-state index contributed by atoms with van der Waals surface area (Å²) in [7, 11) is 0. The number of rotatable bonds is 0. The molecule has 2 unspecified atom stereocenters. The van der Waals surface area contributed by atoms with Crippen molar-refractivity contribution in [2.24, 2.45) is 5.92 Å². The van der Waals surface area contributed by atoms with Crippen LogP contribution in [0.1, 0.15) is 27.5 Å². The number of carbonyl (C=O) groups is 1. The van der Waals surface area contributed by atoms with Gasteiger partial charge in [0.1, 0.15) is 0 Å². The third kappa shape index (κ3) is 1.20. The molecule has 2 heteroatoms. The van der Waals surface area contributed by atoms with Gasteiger partial charge in [-0.3, -0.25) is 4.79 Å². The number of anilines is 1. The second-order valence-electron chi connectivity index (χ2n) is 5.04. The van der Waals surface area contributed by atoms with E-state index in [9.17, 15) is 4.79 Å². The Morgan fingerprint density at radius 1 is 1.00 bits per heavy atom. The van der Waals surface area contributed by atoms with Crippen molar-refractivity contribution in [3.8, 4) is 0 Å². The van der Waals surface area contributed by atoms with Gasteiger partial charge in [-0.1, -0.05) is 36.4 Å². The van der Waals surface area contributed by atoms with Gasteiger partial charge in [-0.2, -0.15) is 0 Å². The summed E-state index contributed by atoms with van der Waals surface area (Å²) >= 11 is 0. The SMILES string of the molecule is O=C1c2ccccc2NC2c3ccccc3CC12. The Balaban J connectivity index is 1.86. The van der Waals surface area contributed by atoms with E-state index in [1.165, 1.54) is 11.1 Å². The van der Waals surface area contributed by atoms with Crippen LogP contribution >= 0.6 is 0 Å². The van der Waals surface area contributed by atoms with E-state index in [1.807, 2.05) is 36.4 Å². The number of Topliss-reactive ketones (excluding diaryl/α,β-unsaturated/α-hetero) is 1. The minimum atomic E-state index is 0.0669. The van der Waals surface area contributed by atoms with Gasteiger partial charge < -0.3 is 5.32 Å². The maximum atomic E-state index is 12.5. The van der Waals surface area contributed by atoms with E-state index >= 15 is 0 Å². The smallest absolute Gasteiger partial charge is 0.170 e. The number of carbonyl (C=O) groups excluding carboxylic acids is 1. The molecule has 0 bridgehead atoms. The fraction of sp³-hybridized carbons (Fsp3) is 0.188. The molecule has 2 aromatic rings. The van der Waals surface area contributed by atoms with Crippen molar-refractivity contribution in [3.63, 3.8) is 0 Å². The highest BCUT2D eigenvalue weighted by Gasteiger charge is 2.41. The normalized spacial score (nSPS) is 23.9. The zero-order valence-corrected chi connectivity index (χ0v) is 9.89. The molecule has 2 atom stereocenters. The van der Waals surface area contributed by atoms with Crippen LogP contribution in [0.4, 0.5) is 5.69 Å². The van der Waals surface area contributed by atoms with Crippen LogP contribution in [0, 0.1) is 5.92 Å². The second-order valence-corrected chi connectivity index (χ2v) is 5.04. The van der Waals surface area contributed by atoms with Crippen LogP contribution < -0.4 is 5.32 Å². The average Bonchev–Trinajstić information content (AvgIpc) is 2.79. The predicted molar refractivity (Wildman–Crippen MR) is 70.8 cm³/mol. The number of ketones is 1. The van der Waals surface area contributed by atoms with Gasteiger partial charge in [0, 0.05) is 11.3 Å². The topological polar surface area (TPSA) is 29.1 Å². The fourth-order valence-corrected chi connectivity index (χ4v) is 3.21. The first-order chi connectivity index (χ1) is 8.84. The van der Waals surface area contributed by atoms with E-state index in [1.54, 1.807) is 0 Å². The molecule has 0 spiro atoms. The van der Waals surface area contributed by atoms with Crippen LogP contribution in [0.25, 0.3) is 0 Å². The first kappa shape index (κ1) is 9.89. The zero-order valence-electron chi connectivity index (χ0n) is 9.89. The number of fused-ring (bicyclic) bond motifs is 4. The maximum absolute atomic E-state index is 12.5. The Morgan fingerprint density at radius 2 is 1.78 bits per heavy atom. The van der Waals surface area contributed by atoms with E-state index in [0.717, 1.165) is 17.7 Å². The van der Waals surface area contributed by atoms with Crippen LogP contribution in [-0.4, -0.2) is 5.78 Å². The lowest BCUT2D eigenvalue weighted by Crippen LogP contribution is -2.30. The lowest BCUT2D eigenvalue weighted by molar-refractivity contribution is 0.0906. The molecule has 1 aliphatic carbocycles. The molecule has 18 heavy (non-hydrogen) atoms. The predicted octanol–water partition coefficient (Wildman–Crippen LogP) is 3.21. The molecule has 0 radical (unpaired) electrons. The third-order valence-electron chi connectivity index (χ3n) is 4.07. The summed E-state index contributed by atoms with van der Waals surface area (Å²) in [6, 6.07) is 16.3. The number of hydrogen-bond donors (Lipinski definition) is 1. The van der Waals surface area contributed by atoms with Crippen molar-refractivity contribution >= 4 is 11.5 Å². The minimum Gasteiger partial charge on any atom is -0.377 e. The minimum absolute atomic E-state index is 0.0669. The van der Waals surface area contributed by atoms with Crippen LogP contribution in [-0.2, 0) is 6.42 Å². The maximum Gasteiger partial charge on any atom is 0.170 e. The van der Waals surface area contributed by atoms with E-state index in [-0.39, 0.29) is 17.7 Å². The monoisotopic (exact) mass is 235 g/mol. The fourth-order valence-electron chi connectivity index (χ4n) is 3.21. The molecule has 0 amide bonds. The van der Waals surface area contributed by atoms with E-state index in [4.69, 9.17) is 0 Å². The molecule has 0 saturated heterocycles. The first-order valence-electron chi connectivity index (χ1n) is 6.32. The average molecular weight is 235 g/mol. The standard InChI is InChI=1S/C16H13NO/c18-16-12-7-3-4-8-14(12)17-15-11-6-2-1-5-10(11)9-13(15)16/h1-8,13,15,17H,9H2. The largest absolute Gasteiger partial charge is 0.377 e. The summed E-state index contributed by atoms with van der Waals surface area (Å²) < 4.78 is 0. The number of hydrogen-bond acceptors (Lipinski definition) is 2. The van der Waals surface area contributed by atoms with Crippen molar-refractivity contribution < 1.29 is 4.79 Å². The zero-order chi connectivity index (χ0) is 12.1. The van der Waals surface area contributed by atoms with Gasteiger partial charge in [0.05, 0.1) is 12.0 Å². The molecular weight excluding hydrogens is 222 g/mol. The summed E-state index contributed by atoms with van der Waals surface area (Å²) in [6.07, 6.45) is 0.862. The summed E-state index contributed by atoms with van der Waals surface area (Å²) in [5.41, 5.74) is 4.40. The van der Waals surface area contributed by atoms with Gasteiger partial charge in [-0.25, -0.2) is 0 Å². The molecule has 4 rings (SSSR count). The molecule has 0 saturated carbocycles. The third-order valence-corrected chi connectivity index (χ3v) is 4.07. The lowest BCUT2D eigenvalue weighted by Gasteiger charge is -2.29. The van der Waals surface area contributed by atoms with Crippen LogP contribution in [0.5, 0.6) is 0 Å². The van der Waals surface area contributed by atoms with Crippen LogP contribution in [0.3, 0.4) is 0 Å². The molecule has 0 aromatic heterocycles. The molecule has 0 fully saturated rings. The molecule has 1 heterocycles. The lowest BCUT2D eigenvalue weighted by atomic mass is 9.86. The van der Waals surface area contributed by atoms with Crippen LogP contribution in [0.2, 0.25) is 0 Å². The van der Waals surface area contributed by atoms with Gasteiger partial charge >= 0.3 is 0 Å². The first-order valence-corrected chi connectivity index (χ1v) is 6.32. The highest BCUT2D eigenvalue weighted by atomic mass is 16.1. The summed E-state index contributed by atoms with van der Waals surface area (Å²) in [5, 5.41) is 3.52. The van der Waals surface area contributed by atoms with E-state index in [2.05, 4.69) is 17.4 Å². The van der Waals surface area contributed by atoms with Gasteiger partial charge in [-0.15, -0.1) is 0 Å². The van der Waals surface area contributed by atoms with E-state index < -0.39 is 0 Å². The van der Waals surface area contributed by atoms with E-state index in [0.29, 0.717) is 0 Å². The quantitative estimate of drug-likeness (QED) is 0.759. The Labute approximate surface area is 106 Å².